The molecule has 0 unspecified atom stereocenters. The third-order valence-corrected chi connectivity index (χ3v) is 3.13. The summed E-state index contributed by atoms with van der Waals surface area (Å²) in [4.78, 5) is 24.3. The predicted octanol–water partition coefficient (Wildman–Crippen LogP) is 1.03. The molecule has 1 aromatic carbocycles. The SMILES string of the molecule is NC[C@H]1CN(c2ccc3c(c2)COC(=O)N3)C(=O)O1. The number of anilines is 2. The van der Waals surface area contributed by atoms with Gasteiger partial charge in [0.2, 0.25) is 0 Å². The summed E-state index contributed by atoms with van der Waals surface area (Å²) in [5, 5.41) is 2.59. The number of hydrogen-bond acceptors (Lipinski definition) is 5. The van der Waals surface area contributed by atoms with Crippen molar-refractivity contribution in [3.63, 3.8) is 0 Å². The van der Waals surface area contributed by atoms with Gasteiger partial charge in [-0.15, -0.1) is 0 Å². The molecule has 0 bridgehead atoms. The first-order valence-electron chi connectivity index (χ1n) is 5.92. The van der Waals surface area contributed by atoms with Crippen molar-refractivity contribution >= 4 is 23.6 Å². The number of rotatable bonds is 2. The summed E-state index contributed by atoms with van der Waals surface area (Å²) >= 11 is 0. The summed E-state index contributed by atoms with van der Waals surface area (Å²) < 4.78 is 9.99. The van der Waals surface area contributed by atoms with Crippen LogP contribution in [0.25, 0.3) is 0 Å². The van der Waals surface area contributed by atoms with Gasteiger partial charge in [0.1, 0.15) is 12.7 Å². The van der Waals surface area contributed by atoms with Crippen molar-refractivity contribution in [3.05, 3.63) is 23.8 Å². The van der Waals surface area contributed by atoms with E-state index in [9.17, 15) is 9.59 Å². The van der Waals surface area contributed by atoms with Crippen LogP contribution in [0.15, 0.2) is 18.2 Å². The van der Waals surface area contributed by atoms with Gasteiger partial charge >= 0.3 is 12.2 Å². The van der Waals surface area contributed by atoms with Crippen molar-refractivity contribution in [1.29, 1.82) is 0 Å². The van der Waals surface area contributed by atoms with Gasteiger partial charge in [0.05, 0.1) is 12.2 Å². The zero-order valence-corrected chi connectivity index (χ0v) is 10.1. The minimum absolute atomic E-state index is 0.193. The second kappa shape index (κ2) is 4.43. The van der Waals surface area contributed by atoms with Gasteiger partial charge in [-0.25, -0.2) is 9.59 Å². The summed E-state index contributed by atoms with van der Waals surface area (Å²) in [6.07, 6.45) is -1.15. The molecule has 1 saturated heterocycles. The zero-order chi connectivity index (χ0) is 13.4. The number of hydrogen-bond donors (Lipinski definition) is 2. The number of ether oxygens (including phenoxy) is 2. The number of nitrogens with zero attached hydrogens (tertiary/aromatic N) is 1. The van der Waals surface area contributed by atoms with Gasteiger partial charge in [-0.05, 0) is 18.2 Å². The van der Waals surface area contributed by atoms with Gasteiger partial charge in [-0.1, -0.05) is 0 Å². The molecule has 0 saturated carbocycles. The Hall–Kier alpha value is -2.28. The maximum atomic E-state index is 11.7. The van der Waals surface area contributed by atoms with E-state index in [1.54, 1.807) is 18.2 Å². The maximum Gasteiger partial charge on any atom is 0.414 e. The van der Waals surface area contributed by atoms with Gasteiger partial charge in [0.15, 0.2) is 0 Å². The van der Waals surface area contributed by atoms with Gasteiger partial charge in [-0.3, -0.25) is 10.2 Å². The molecule has 2 aliphatic heterocycles. The topological polar surface area (TPSA) is 93.9 Å². The van der Waals surface area contributed by atoms with Gasteiger partial charge in [0.25, 0.3) is 0 Å². The van der Waals surface area contributed by atoms with E-state index in [0.717, 1.165) is 5.56 Å². The minimum atomic E-state index is -0.468. The van der Waals surface area contributed by atoms with Crippen LogP contribution < -0.4 is 16.0 Å². The van der Waals surface area contributed by atoms with Crippen molar-refractivity contribution < 1.29 is 19.1 Å². The summed E-state index contributed by atoms with van der Waals surface area (Å²) in [6, 6.07) is 5.30. The van der Waals surface area contributed by atoms with Crippen LogP contribution in [0, 0.1) is 0 Å². The summed E-state index contributed by atoms with van der Waals surface area (Å²) in [6.45, 7) is 0.923. The molecule has 1 aromatic rings. The van der Waals surface area contributed by atoms with Crippen LogP contribution in [0.1, 0.15) is 5.56 Å². The number of carbonyl (C=O) groups excluding carboxylic acids is 2. The van der Waals surface area contributed by atoms with E-state index in [4.69, 9.17) is 15.2 Å². The fraction of sp³-hybridized carbons (Fsp3) is 0.333. The first kappa shape index (κ1) is 11.8. The molecule has 100 valence electrons. The summed E-state index contributed by atoms with van der Waals surface area (Å²) in [5.41, 5.74) is 7.72. The number of cyclic esters (lactones) is 2. The first-order valence-corrected chi connectivity index (χ1v) is 5.92. The molecular weight excluding hydrogens is 250 g/mol. The highest BCUT2D eigenvalue weighted by molar-refractivity contribution is 5.92. The van der Waals surface area contributed by atoms with Crippen molar-refractivity contribution in [2.75, 3.05) is 23.3 Å². The Balaban J connectivity index is 1.86. The Morgan fingerprint density at radius 3 is 3.00 bits per heavy atom. The van der Waals surface area contributed by atoms with Crippen molar-refractivity contribution in [2.45, 2.75) is 12.7 Å². The maximum absolute atomic E-state index is 11.7. The molecule has 2 heterocycles. The quantitative estimate of drug-likeness (QED) is 0.831. The highest BCUT2D eigenvalue weighted by Gasteiger charge is 2.32. The lowest BCUT2D eigenvalue weighted by molar-refractivity contribution is 0.145. The van der Waals surface area contributed by atoms with Crippen LogP contribution in [0.4, 0.5) is 21.0 Å². The van der Waals surface area contributed by atoms with E-state index in [-0.39, 0.29) is 12.7 Å². The Morgan fingerprint density at radius 1 is 1.42 bits per heavy atom. The lowest BCUT2D eigenvalue weighted by atomic mass is 10.1. The van der Waals surface area contributed by atoms with Crippen LogP contribution in [-0.2, 0) is 16.1 Å². The van der Waals surface area contributed by atoms with Crippen LogP contribution in [0.5, 0.6) is 0 Å². The average molecular weight is 263 g/mol. The molecule has 2 aliphatic rings. The normalized spacial score (nSPS) is 21.5. The van der Waals surface area contributed by atoms with Crippen LogP contribution in [0.2, 0.25) is 0 Å². The summed E-state index contributed by atoms with van der Waals surface area (Å²) in [7, 11) is 0. The molecule has 19 heavy (non-hydrogen) atoms. The van der Waals surface area contributed by atoms with Crippen molar-refractivity contribution in [1.82, 2.24) is 0 Å². The number of carbonyl (C=O) groups is 2. The molecule has 0 aliphatic carbocycles. The van der Waals surface area contributed by atoms with E-state index in [1.165, 1.54) is 4.90 Å². The number of nitrogens with one attached hydrogen (secondary N) is 1. The zero-order valence-electron chi connectivity index (χ0n) is 10.1. The number of benzene rings is 1. The fourth-order valence-corrected chi connectivity index (χ4v) is 2.13. The largest absolute Gasteiger partial charge is 0.444 e. The fourth-order valence-electron chi connectivity index (χ4n) is 2.13. The van der Waals surface area contributed by atoms with Gasteiger partial charge < -0.3 is 15.2 Å². The Morgan fingerprint density at radius 2 is 2.26 bits per heavy atom. The van der Waals surface area contributed by atoms with E-state index in [0.29, 0.717) is 24.5 Å². The number of amides is 2. The van der Waals surface area contributed by atoms with Crippen LogP contribution >= 0.6 is 0 Å². The van der Waals surface area contributed by atoms with E-state index in [1.807, 2.05) is 0 Å². The van der Waals surface area contributed by atoms with Crippen molar-refractivity contribution in [3.8, 4) is 0 Å². The van der Waals surface area contributed by atoms with Crippen LogP contribution in [-0.4, -0.2) is 31.4 Å². The molecule has 0 radical (unpaired) electrons. The molecule has 2 amide bonds. The monoisotopic (exact) mass is 263 g/mol. The van der Waals surface area contributed by atoms with Crippen LogP contribution in [0.3, 0.4) is 0 Å². The predicted molar refractivity (Wildman–Crippen MR) is 66.9 cm³/mol. The second-order valence-electron chi connectivity index (χ2n) is 4.39. The third kappa shape index (κ3) is 2.08. The number of nitrogens with two attached hydrogens (primary N) is 1. The molecule has 3 rings (SSSR count). The van der Waals surface area contributed by atoms with E-state index in [2.05, 4.69) is 5.32 Å². The molecule has 0 aromatic heterocycles. The number of fused-ring (bicyclic) bond motifs is 1. The molecule has 0 spiro atoms. The molecule has 7 nitrogen and oxygen atoms in total. The molecule has 1 fully saturated rings. The molecule has 1 atom stereocenters. The highest BCUT2D eigenvalue weighted by Crippen LogP contribution is 2.29. The third-order valence-electron chi connectivity index (χ3n) is 3.13. The minimum Gasteiger partial charge on any atom is -0.444 e. The van der Waals surface area contributed by atoms with Gasteiger partial charge in [0, 0.05) is 17.8 Å². The Kier molecular flexibility index (Phi) is 2.75. The Bertz CT molecular complexity index is 546. The lowest BCUT2D eigenvalue weighted by Crippen LogP contribution is -2.28. The van der Waals surface area contributed by atoms with E-state index >= 15 is 0 Å². The average Bonchev–Trinajstić information content (AvgIpc) is 2.79. The first-order chi connectivity index (χ1) is 9.17. The van der Waals surface area contributed by atoms with Gasteiger partial charge in [-0.2, -0.15) is 0 Å². The molecule has 7 heteroatoms. The highest BCUT2D eigenvalue weighted by atomic mass is 16.6. The molecule has 3 N–H and O–H groups in total. The van der Waals surface area contributed by atoms with Crippen molar-refractivity contribution in [2.24, 2.45) is 5.73 Å². The molecular formula is C12H13N3O4. The standard InChI is InChI=1S/C12H13N3O4/c13-4-9-5-15(12(17)19-9)8-1-2-10-7(3-8)6-18-11(16)14-10/h1-3,9H,4-6,13H2,(H,14,16)/t9-/m0/s1. The summed E-state index contributed by atoms with van der Waals surface area (Å²) in [5.74, 6) is 0. The lowest BCUT2D eigenvalue weighted by Gasteiger charge is -2.20. The Labute approximate surface area is 109 Å². The second-order valence-corrected chi connectivity index (χ2v) is 4.39. The van der Waals surface area contributed by atoms with E-state index < -0.39 is 12.2 Å². The smallest absolute Gasteiger partial charge is 0.414 e.